The second kappa shape index (κ2) is 22.0. The van der Waals surface area contributed by atoms with Crippen molar-refractivity contribution in [1.29, 1.82) is 0 Å². The lowest BCUT2D eigenvalue weighted by Gasteiger charge is -2.38. The molecule has 0 fully saturated rings. The monoisotopic (exact) mass is 1200 g/mol. The molecule has 0 saturated carbocycles. The molecule has 372 valence electrons. The predicted octanol–water partition coefficient (Wildman–Crippen LogP) is 14.3. The molecule has 0 saturated heterocycles. The van der Waals surface area contributed by atoms with E-state index in [2.05, 4.69) is 143 Å². The number of nitrogens with one attached hydrogen (secondary N) is 2. The van der Waals surface area contributed by atoms with Crippen molar-refractivity contribution in [2.24, 2.45) is 0 Å². The molecule has 0 bridgehead atoms. The van der Waals surface area contributed by atoms with Gasteiger partial charge in [0, 0.05) is 69.5 Å². The summed E-state index contributed by atoms with van der Waals surface area (Å²) in [5.41, 5.74) is 16.1. The molecule has 6 aliphatic rings. The molecular weight excluding hydrogens is 1150 g/mol. The molecule has 3 aliphatic carbocycles. The zero-order valence-corrected chi connectivity index (χ0v) is 47.4. The Bertz CT molecular complexity index is 2970. The van der Waals surface area contributed by atoms with Gasteiger partial charge in [-0.1, -0.05) is 101 Å². The Hall–Kier alpha value is -3.13. The highest BCUT2D eigenvalue weighted by molar-refractivity contribution is 9.11. The summed E-state index contributed by atoms with van der Waals surface area (Å²) in [6, 6.07) is 33.5. The van der Waals surface area contributed by atoms with E-state index >= 15 is 0 Å². The van der Waals surface area contributed by atoms with E-state index in [0.29, 0.717) is 45.0 Å². The summed E-state index contributed by atoms with van der Waals surface area (Å²) < 4.78 is 20.2. The van der Waals surface area contributed by atoms with Gasteiger partial charge in [0.25, 0.3) is 0 Å². The number of likely N-dealkylation sites (N-methyl/N-ethyl adjacent to an activating group) is 1. The molecule has 6 aromatic rings. The maximum absolute atomic E-state index is 10.2. The normalized spacial score (nSPS) is 23.7. The predicted molar refractivity (Wildman–Crippen MR) is 299 cm³/mol. The molecule has 0 aromatic heterocycles. The summed E-state index contributed by atoms with van der Waals surface area (Å²) in [4.78, 5) is 2.47. The van der Waals surface area contributed by atoms with Crippen LogP contribution in [0.1, 0.15) is 110 Å². The molecule has 0 amide bonds. The van der Waals surface area contributed by atoms with Crippen molar-refractivity contribution in [1.82, 2.24) is 15.5 Å². The molecule has 3 heterocycles. The second-order valence-corrected chi connectivity index (χ2v) is 23.7. The van der Waals surface area contributed by atoms with Crippen LogP contribution in [0.2, 0.25) is 15.1 Å². The van der Waals surface area contributed by atoms with Crippen LogP contribution in [0.4, 0.5) is 0 Å². The molecule has 1 unspecified atom stereocenters. The van der Waals surface area contributed by atoms with Crippen molar-refractivity contribution in [3.8, 4) is 17.2 Å². The number of methoxy groups -OCH3 is 3. The Morgan fingerprint density at radius 2 is 1.01 bits per heavy atom. The number of hydrogen-bond acceptors (Lipinski definition) is 7. The minimum absolute atomic E-state index is 0.0112. The Morgan fingerprint density at radius 1 is 0.521 bits per heavy atom. The van der Waals surface area contributed by atoms with Gasteiger partial charge in [0.1, 0.15) is 17.2 Å². The summed E-state index contributed by atoms with van der Waals surface area (Å²) in [6.07, 6.45) is 8.71. The SMILES string of the molecule is CN1CCc2cc(Cl)c(O)cc2[C@H]2c3ccc(Br)cc3CC[C@@H]21.COc1cc2c(cc1Cl)C(OC)CN[C@H]1CCc3cc(Br)ccc3[C@H]21.COc1cc2c(cc1Cl)CCN[C@H]1CCc3cc(Br)ccc3[C@H]21. The first-order valence-electron chi connectivity index (χ1n) is 24.6. The molecule has 3 aliphatic heterocycles. The van der Waals surface area contributed by atoms with E-state index in [1.807, 2.05) is 18.2 Å². The first kappa shape index (κ1) is 51.4. The molecule has 0 radical (unpaired) electrons. The van der Waals surface area contributed by atoms with E-state index in [1.165, 1.54) is 67.6 Å². The highest BCUT2D eigenvalue weighted by atomic mass is 79.9. The van der Waals surface area contributed by atoms with E-state index in [-0.39, 0.29) is 17.8 Å². The highest BCUT2D eigenvalue weighted by Gasteiger charge is 2.39. The quantitative estimate of drug-likeness (QED) is 0.163. The maximum atomic E-state index is 10.2. The van der Waals surface area contributed by atoms with Crippen LogP contribution in [0, 0.1) is 0 Å². The largest absolute Gasteiger partial charge is 0.506 e. The second-order valence-electron chi connectivity index (χ2n) is 19.7. The summed E-state index contributed by atoms with van der Waals surface area (Å²) in [7, 11) is 7.33. The maximum Gasteiger partial charge on any atom is 0.137 e. The molecule has 12 rings (SSSR count). The van der Waals surface area contributed by atoms with Gasteiger partial charge in [-0.15, -0.1) is 0 Å². The van der Waals surface area contributed by atoms with Gasteiger partial charge in [0.05, 0.1) is 35.4 Å². The van der Waals surface area contributed by atoms with Gasteiger partial charge in [0.2, 0.25) is 0 Å². The molecule has 3 N–H and O–H groups in total. The minimum Gasteiger partial charge on any atom is -0.506 e. The number of fused-ring (bicyclic) bond motifs is 15. The fourth-order valence-corrected chi connectivity index (χ4v) is 14.5. The van der Waals surface area contributed by atoms with Crippen LogP contribution >= 0.6 is 82.6 Å². The summed E-state index contributed by atoms with van der Waals surface area (Å²) in [5, 5.41) is 19.4. The fourth-order valence-electron chi connectivity index (χ4n) is 12.5. The first-order valence-corrected chi connectivity index (χ1v) is 28.1. The number of phenols is 1. The minimum atomic E-state index is -0.0112. The zero-order valence-electron chi connectivity index (χ0n) is 40.4. The summed E-state index contributed by atoms with van der Waals surface area (Å²) in [6.45, 7) is 2.82. The van der Waals surface area contributed by atoms with Crippen molar-refractivity contribution < 1.29 is 19.3 Å². The van der Waals surface area contributed by atoms with Gasteiger partial charge >= 0.3 is 0 Å². The molecule has 7 atom stereocenters. The topological polar surface area (TPSA) is 75.2 Å². The summed E-state index contributed by atoms with van der Waals surface area (Å²) >= 11 is 29.7. The Morgan fingerprint density at radius 3 is 1.62 bits per heavy atom. The molecular formula is C58H59Br3Cl3N3O4. The number of rotatable bonds is 3. The molecule has 6 aromatic carbocycles. The summed E-state index contributed by atoms with van der Waals surface area (Å²) in [5.74, 6) is 2.64. The van der Waals surface area contributed by atoms with E-state index in [9.17, 15) is 5.11 Å². The Kier molecular flexibility index (Phi) is 15.9. The van der Waals surface area contributed by atoms with Crippen molar-refractivity contribution in [3.63, 3.8) is 0 Å². The Balaban J connectivity index is 0.000000123. The van der Waals surface area contributed by atoms with Crippen molar-refractivity contribution in [2.75, 3.05) is 48.0 Å². The van der Waals surface area contributed by atoms with Crippen molar-refractivity contribution in [3.05, 3.63) is 186 Å². The lowest BCUT2D eigenvalue weighted by atomic mass is 9.74. The number of ether oxygens (including phenoxy) is 3. The number of aromatic hydroxyl groups is 1. The zero-order chi connectivity index (χ0) is 49.7. The van der Waals surface area contributed by atoms with Gasteiger partial charge in [0.15, 0.2) is 0 Å². The van der Waals surface area contributed by atoms with Gasteiger partial charge in [-0.2, -0.15) is 0 Å². The molecule has 0 spiro atoms. The van der Waals surface area contributed by atoms with Crippen LogP contribution < -0.4 is 20.1 Å². The van der Waals surface area contributed by atoms with Crippen LogP contribution in [-0.4, -0.2) is 76.1 Å². The average molecular weight is 1210 g/mol. The first-order chi connectivity index (χ1) is 34.3. The van der Waals surface area contributed by atoms with Gasteiger partial charge in [-0.3, -0.25) is 0 Å². The van der Waals surface area contributed by atoms with Gasteiger partial charge in [-0.05, 0) is 205 Å². The van der Waals surface area contributed by atoms with Crippen LogP contribution in [0.25, 0.3) is 0 Å². The number of benzene rings is 6. The van der Waals surface area contributed by atoms with Crippen LogP contribution in [0.5, 0.6) is 17.2 Å². The molecule has 71 heavy (non-hydrogen) atoms. The smallest absolute Gasteiger partial charge is 0.137 e. The standard InChI is InChI=1S/C20H21BrClNO2.2C19H19BrClNO/c1-24-18-9-15-14(8-16(18)22)19(25-2)10-23-17-6-3-11-7-12(21)4-5-13(11)20(15)17;1-23-18-10-15-12(9-16(18)21)6-7-22-17-5-2-11-8-13(20)3-4-14(11)19(15)17;1-22-7-6-12-9-16(21)18(23)10-15(12)19-14-4-3-13(20)8-11(14)2-5-17(19)22/h4-5,7-9,17,19-20,23H,3,6,10H2,1-2H3;3-4,8-10,17,19,22H,2,5-7H2,1H3;3-4,8-10,17,19,23H,2,5-7H2,1H3/t17-,19?,20+;2*17-,19+/m000/s1. The molecule has 7 nitrogen and oxygen atoms in total. The van der Waals surface area contributed by atoms with Crippen molar-refractivity contribution >= 4 is 82.6 Å². The highest BCUT2D eigenvalue weighted by Crippen LogP contribution is 2.48. The van der Waals surface area contributed by atoms with E-state index in [1.54, 1.807) is 21.3 Å². The lowest BCUT2D eigenvalue weighted by molar-refractivity contribution is 0.102. The van der Waals surface area contributed by atoms with Crippen LogP contribution in [-0.2, 0) is 36.8 Å². The van der Waals surface area contributed by atoms with E-state index in [4.69, 9.17) is 49.0 Å². The van der Waals surface area contributed by atoms with E-state index < -0.39 is 0 Å². The van der Waals surface area contributed by atoms with E-state index in [0.717, 1.165) is 95.1 Å². The number of nitrogens with zero attached hydrogens (tertiary/aromatic N) is 1. The average Bonchev–Trinajstić information content (AvgIpc) is 3.71. The number of aryl methyl sites for hydroxylation is 3. The number of phenolic OH excluding ortho intramolecular Hbond substituents is 1. The number of halogens is 6. The third kappa shape index (κ3) is 10.4. The van der Waals surface area contributed by atoms with Crippen molar-refractivity contribution in [2.45, 2.75) is 93.3 Å². The third-order valence-electron chi connectivity index (χ3n) is 16.0. The Labute approximate surface area is 458 Å². The van der Waals surface area contributed by atoms with Gasteiger partial charge < -0.3 is 34.9 Å². The van der Waals surface area contributed by atoms with Gasteiger partial charge in [-0.25, -0.2) is 0 Å². The number of hydrogen-bond donors (Lipinski definition) is 3. The lowest BCUT2D eigenvalue weighted by Crippen LogP contribution is -2.39. The van der Waals surface area contributed by atoms with Crippen LogP contribution in [0.15, 0.2) is 104 Å². The third-order valence-corrected chi connectivity index (χ3v) is 18.3. The van der Waals surface area contributed by atoms with Crippen LogP contribution in [0.3, 0.4) is 0 Å². The molecule has 13 heteroatoms. The fraction of sp³-hybridized carbons (Fsp3) is 0.379.